The van der Waals surface area contributed by atoms with E-state index in [9.17, 15) is 0 Å². The molecule has 0 aromatic carbocycles. The van der Waals surface area contributed by atoms with Crippen molar-refractivity contribution in [3.05, 3.63) is 0 Å². The van der Waals surface area contributed by atoms with Crippen LogP contribution in [0.25, 0.3) is 0 Å². The van der Waals surface area contributed by atoms with Crippen molar-refractivity contribution in [2.24, 2.45) is 0 Å². The largest absolute Gasteiger partial charge is 0.379 e. The first kappa shape index (κ1) is 11.2. The van der Waals surface area contributed by atoms with Crippen molar-refractivity contribution in [3.8, 4) is 0 Å². The molecule has 0 amide bonds. The minimum Gasteiger partial charge on any atom is -0.379 e. The molecular weight excluding hydrogens is 178 g/mol. The number of rotatable bonds is 4. The summed E-state index contributed by atoms with van der Waals surface area (Å²) in [4.78, 5) is 2.53. The van der Waals surface area contributed by atoms with Gasteiger partial charge >= 0.3 is 0 Å². The fraction of sp³-hybridized carbons (Fsp3) is 1.00. The minimum absolute atomic E-state index is 0.800. The van der Waals surface area contributed by atoms with Gasteiger partial charge in [0.05, 0.1) is 13.2 Å². The lowest BCUT2D eigenvalue weighted by molar-refractivity contribution is 0.0379. The summed E-state index contributed by atoms with van der Waals surface area (Å²) in [5, 5.41) is 0. The fourth-order valence-electron chi connectivity index (χ4n) is 1.66. The first-order valence-corrected chi connectivity index (χ1v) is 9.09. The molecule has 1 aliphatic heterocycles. The van der Waals surface area contributed by atoms with Crippen LogP contribution in [-0.2, 0) is 4.74 Å². The highest BCUT2D eigenvalue weighted by Gasteiger charge is 2.14. The molecule has 1 heterocycles. The smallest absolute Gasteiger partial charge is 0.0594 e. The van der Waals surface area contributed by atoms with Crippen LogP contribution in [0.5, 0.6) is 0 Å². The van der Waals surface area contributed by atoms with Crippen molar-refractivity contribution in [2.45, 2.75) is 32.1 Å². The number of morpholine rings is 1. The maximum Gasteiger partial charge on any atom is 0.0594 e. The van der Waals surface area contributed by atoms with Crippen molar-refractivity contribution >= 4 is 8.07 Å². The van der Waals surface area contributed by atoms with Gasteiger partial charge in [-0.2, -0.15) is 0 Å². The first-order valence-electron chi connectivity index (χ1n) is 5.38. The van der Waals surface area contributed by atoms with Gasteiger partial charge in [-0.05, 0) is 13.0 Å². The van der Waals surface area contributed by atoms with Gasteiger partial charge in [0.1, 0.15) is 0 Å². The Morgan fingerprint density at radius 3 is 2.31 bits per heavy atom. The van der Waals surface area contributed by atoms with Crippen LogP contribution in [0.2, 0.25) is 25.7 Å². The second-order valence-corrected chi connectivity index (χ2v) is 10.7. The summed E-state index contributed by atoms with van der Waals surface area (Å²) in [5.41, 5.74) is 0. The van der Waals surface area contributed by atoms with Gasteiger partial charge in [-0.15, -0.1) is 0 Å². The Hall–Kier alpha value is 0.137. The molecule has 13 heavy (non-hydrogen) atoms. The number of ether oxygens (including phenoxy) is 1. The summed E-state index contributed by atoms with van der Waals surface area (Å²) in [6.07, 6.45) is 1.38. The Morgan fingerprint density at radius 2 is 1.77 bits per heavy atom. The SMILES string of the molecule is C[Si](C)(C)CCCN1CCOCC1. The van der Waals surface area contributed by atoms with Crippen LogP contribution < -0.4 is 0 Å². The van der Waals surface area contributed by atoms with Crippen LogP contribution in [0.15, 0.2) is 0 Å². The third-order valence-corrected chi connectivity index (χ3v) is 4.36. The molecule has 3 heteroatoms. The molecule has 1 fully saturated rings. The van der Waals surface area contributed by atoms with Gasteiger partial charge in [-0.1, -0.05) is 25.7 Å². The second-order valence-electron chi connectivity index (χ2n) is 5.12. The molecule has 0 N–H and O–H groups in total. The van der Waals surface area contributed by atoms with E-state index in [0.717, 1.165) is 26.3 Å². The lowest BCUT2D eigenvalue weighted by atomic mass is 10.3. The normalized spacial score (nSPS) is 20.5. The average Bonchev–Trinajstić information content (AvgIpc) is 2.04. The highest BCUT2D eigenvalue weighted by molar-refractivity contribution is 6.76. The molecule has 0 saturated carbocycles. The van der Waals surface area contributed by atoms with Crippen LogP contribution >= 0.6 is 0 Å². The fourth-order valence-corrected chi connectivity index (χ4v) is 2.88. The van der Waals surface area contributed by atoms with Gasteiger partial charge in [0.15, 0.2) is 0 Å². The zero-order valence-corrected chi connectivity index (χ0v) is 10.3. The predicted molar refractivity (Wildman–Crippen MR) is 60.0 cm³/mol. The number of nitrogens with zero attached hydrogens (tertiary/aromatic N) is 1. The van der Waals surface area contributed by atoms with Gasteiger partial charge in [-0.3, -0.25) is 4.90 Å². The van der Waals surface area contributed by atoms with E-state index in [1.807, 2.05) is 0 Å². The van der Waals surface area contributed by atoms with Crippen LogP contribution in [0.4, 0.5) is 0 Å². The van der Waals surface area contributed by atoms with Gasteiger partial charge < -0.3 is 4.74 Å². The molecule has 0 unspecified atom stereocenters. The molecule has 0 radical (unpaired) electrons. The zero-order chi connectivity index (χ0) is 9.73. The average molecular weight is 201 g/mol. The summed E-state index contributed by atoms with van der Waals surface area (Å²) in [6.45, 7) is 12.8. The molecular formula is C10H23NOSi. The molecule has 1 rings (SSSR count). The van der Waals surface area contributed by atoms with Crippen LogP contribution in [-0.4, -0.2) is 45.8 Å². The molecule has 2 nitrogen and oxygen atoms in total. The molecule has 0 aromatic heterocycles. The Morgan fingerprint density at radius 1 is 1.15 bits per heavy atom. The Bertz CT molecular complexity index is 138. The lowest BCUT2D eigenvalue weighted by Gasteiger charge is -2.27. The van der Waals surface area contributed by atoms with Crippen LogP contribution in [0.1, 0.15) is 6.42 Å². The molecule has 1 aliphatic rings. The monoisotopic (exact) mass is 201 g/mol. The van der Waals surface area contributed by atoms with Crippen LogP contribution in [0, 0.1) is 0 Å². The third-order valence-electron chi connectivity index (χ3n) is 2.50. The summed E-state index contributed by atoms with van der Waals surface area (Å²) in [5.74, 6) is 0. The lowest BCUT2D eigenvalue weighted by Crippen LogP contribution is -2.37. The third kappa shape index (κ3) is 5.44. The van der Waals surface area contributed by atoms with E-state index in [2.05, 4.69) is 24.5 Å². The quantitative estimate of drug-likeness (QED) is 0.646. The Labute approximate surface area is 83.3 Å². The number of hydrogen-bond acceptors (Lipinski definition) is 2. The van der Waals surface area contributed by atoms with Gasteiger partial charge in [0.25, 0.3) is 0 Å². The summed E-state index contributed by atoms with van der Waals surface area (Å²) in [6, 6.07) is 1.46. The molecule has 0 atom stereocenters. The van der Waals surface area contributed by atoms with E-state index < -0.39 is 8.07 Å². The highest BCUT2D eigenvalue weighted by atomic mass is 28.3. The molecule has 78 valence electrons. The minimum atomic E-state index is -0.800. The summed E-state index contributed by atoms with van der Waals surface area (Å²) < 4.78 is 5.31. The maximum atomic E-state index is 5.31. The van der Waals surface area contributed by atoms with E-state index in [4.69, 9.17) is 4.74 Å². The van der Waals surface area contributed by atoms with Crippen molar-refractivity contribution in [1.29, 1.82) is 0 Å². The molecule has 0 aliphatic carbocycles. The maximum absolute atomic E-state index is 5.31. The summed E-state index contributed by atoms with van der Waals surface area (Å²) >= 11 is 0. The topological polar surface area (TPSA) is 12.5 Å². The molecule has 0 spiro atoms. The van der Waals surface area contributed by atoms with Crippen molar-refractivity contribution in [2.75, 3.05) is 32.8 Å². The molecule has 0 bridgehead atoms. The van der Waals surface area contributed by atoms with Gasteiger partial charge in [-0.25, -0.2) is 0 Å². The van der Waals surface area contributed by atoms with Crippen molar-refractivity contribution in [1.82, 2.24) is 4.90 Å². The Kier molecular flexibility index (Phi) is 4.42. The standard InChI is InChI=1S/C10H23NOSi/c1-13(2,3)10-4-5-11-6-8-12-9-7-11/h4-10H2,1-3H3. The molecule has 1 saturated heterocycles. The summed E-state index contributed by atoms with van der Waals surface area (Å²) in [7, 11) is -0.800. The van der Waals surface area contributed by atoms with Crippen molar-refractivity contribution in [3.63, 3.8) is 0 Å². The Balaban J connectivity index is 2.04. The van der Waals surface area contributed by atoms with Crippen LogP contribution in [0.3, 0.4) is 0 Å². The second kappa shape index (κ2) is 5.13. The highest BCUT2D eigenvalue weighted by Crippen LogP contribution is 2.11. The van der Waals surface area contributed by atoms with E-state index in [-0.39, 0.29) is 0 Å². The van der Waals surface area contributed by atoms with Gasteiger partial charge in [0.2, 0.25) is 0 Å². The van der Waals surface area contributed by atoms with E-state index in [1.54, 1.807) is 0 Å². The first-order chi connectivity index (χ1) is 6.08. The van der Waals surface area contributed by atoms with Crippen molar-refractivity contribution < 1.29 is 4.74 Å². The zero-order valence-electron chi connectivity index (χ0n) is 9.31. The van der Waals surface area contributed by atoms with E-state index in [0.29, 0.717) is 0 Å². The van der Waals surface area contributed by atoms with Gasteiger partial charge in [0, 0.05) is 21.2 Å². The van der Waals surface area contributed by atoms with E-state index >= 15 is 0 Å². The molecule has 0 aromatic rings. The number of hydrogen-bond donors (Lipinski definition) is 0. The predicted octanol–water partition coefficient (Wildman–Crippen LogP) is 2.05. The van der Waals surface area contributed by atoms with E-state index in [1.165, 1.54) is 19.0 Å².